The van der Waals surface area contributed by atoms with Crippen molar-refractivity contribution in [1.29, 1.82) is 0 Å². The lowest BCUT2D eigenvalue weighted by molar-refractivity contribution is -0.125. The summed E-state index contributed by atoms with van der Waals surface area (Å²) in [5.74, 6) is -3.83. The molecule has 1 aromatic rings. The third-order valence-electron chi connectivity index (χ3n) is 2.37. The van der Waals surface area contributed by atoms with Gasteiger partial charge < -0.3 is 0 Å². The SMILES string of the molecule is O=C1NC(=O)C(c2ccc(F)c(F)c2)C1Br. The number of imide groups is 1. The van der Waals surface area contributed by atoms with Gasteiger partial charge in [0.25, 0.3) is 0 Å². The van der Waals surface area contributed by atoms with Crippen molar-refractivity contribution in [2.45, 2.75) is 10.7 Å². The fourth-order valence-corrected chi connectivity index (χ4v) is 2.24. The number of hydrogen-bond donors (Lipinski definition) is 1. The molecule has 0 bridgehead atoms. The average Bonchev–Trinajstić information content (AvgIpc) is 2.47. The van der Waals surface area contributed by atoms with Crippen LogP contribution in [-0.2, 0) is 9.59 Å². The van der Waals surface area contributed by atoms with Gasteiger partial charge in [0.05, 0.1) is 5.92 Å². The molecule has 0 radical (unpaired) electrons. The summed E-state index contributed by atoms with van der Waals surface area (Å²) in [6.07, 6.45) is 0. The van der Waals surface area contributed by atoms with Crippen LogP contribution in [0.5, 0.6) is 0 Å². The van der Waals surface area contributed by atoms with Crippen LogP contribution in [0.25, 0.3) is 0 Å². The van der Waals surface area contributed by atoms with E-state index in [1.165, 1.54) is 6.07 Å². The summed E-state index contributed by atoms with van der Waals surface area (Å²) in [5.41, 5.74) is 0.268. The largest absolute Gasteiger partial charge is 0.295 e. The number of nitrogens with one attached hydrogen (secondary N) is 1. The Morgan fingerprint density at radius 2 is 1.81 bits per heavy atom. The Bertz CT molecular complexity index is 478. The second-order valence-corrected chi connectivity index (χ2v) is 4.39. The number of hydrogen-bond acceptors (Lipinski definition) is 2. The van der Waals surface area contributed by atoms with Crippen molar-refractivity contribution in [3.05, 3.63) is 35.4 Å². The molecule has 1 fully saturated rings. The van der Waals surface area contributed by atoms with Gasteiger partial charge >= 0.3 is 0 Å². The van der Waals surface area contributed by atoms with Gasteiger partial charge in [-0.15, -0.1) is 0 Å². The molecule has 2 amide bonds. The Balaban J connectivity index is 2.40. The van der Waals surface area contributed by atoms with Gasteiger partial charge in [-0.1, -0.05) is 22.0 Å². The van der Waals surface area contributed by atoms with Crippen LogP contribution in [0.4, 0.5) is 8.78 Å². The summed E-state index contributed by atoms with van der Waals surface area (Å²) in [5, 5.41) is 2.11. The number of carbonyl (C=O) groups is 2. The van der Waals surface area contributed by atoms with E-state index < -0.39 is 34.2 Å². The van der Waals surface area contributed by atoms with Crippen molar-refractivity contribution in [1.82, 2.24) is 5.32 Å². The molecule has 84 valence electrons. The third kappa shape index (κ3) is 1.73. The van der Waals surface area contributed by atoms with Gasteiger partial charge in [-0.05, 0) is 17.7 Å². The van der Waals surface area contributed by atoms with Gasteiger partial charge in [-0.2, -0.15) is 0 Å². The Hall–Kier alpha value is -1.30. The standard InChI is InChI=1S/C10H6BrF2NO2/c11-8-7(9(15)14-10(8)16)4-1-2-5(12)6(13)3-4/h1-3,7-8H,(H,14,15,16). The quantitative estimate of drug-likeness (QED) is 0.629. The van der Waals surface area contributed by atoms with Crippen LogP contribution in [-0.4, -0.2) is 16.6 Å². The van der Waals surface area contributed by atoms with Gasteiger partial charge in [0.2, 0.25) is 11.8 Å². The number of carbonyl (C=O) groups excluding carboxylic acids is 2. The van der Waals surface area contributed by atoms with Crippen LogP contribution < -0.4 is 5.32 Å². The van der Waals surface area contributed by atoms with E-state index in [1.54, 1.807) is 0 Å². The van der Waals surface area contributed by atoms with Crippen LogP contribution >= 0.6 is 15.9 Å². The highest BCUT2D eigenvalue weighted by Crippen LogP contribution is 2.30. The first-order valence-corrected chi connectivity index (χ1v) is 5.36. The first-order chi connectivity index (χ1) is 7.50. The molecule has 1 N–H and O–H groups in total. The molecule has 1 aliphatic heterocycles. The number of alkyl halides is 1. The van der Waals surface area contributed by atoms with Crippen molar-refractivity contribution in [2.75, 3.05) is 0 Å². The topological polar surface area (TPSA) is 46.2 Å². The van der Waals surface area contributed by atoms with E-state index in [1.807, 2.05) is 0 Å². The monoisotopic (exact) mass is 289 g/mol. The number of benzene rings is 1. The van der Waals surface area contributed by atoms with Gasteiger partial charge in [0, 0.05) is 0 Å². The van der Waals surface area contributed by atoms with Crippen LogP contribution in [0, 0.1) is 11.6 Å². The summed E-state index contributed by atoms with van der Waals surface area (Å²) in [6.45, 7) is 0. The second kappa shape index (κ2) is 3.93. The van der Waals surface area contributed by atoms with E-state index in [4.69, 9.17) is 0 Å². The summed E-state index contributed by atoms with van der Waals surface area (Å²) in [7, 11) is 0. The fraction of sp³-hybridized carbons (Fsp3) is 0.200. The first-order valence-electron chi connectivity index (χ1n) is 4.44. The summed E-state index contributed by atoms with van der Waals surface area (Å²) >= 11 is 3.04. The second-order valence-electron chi connectivity index (χ2n) is 3.41. The molecule has 1 heterocycles. The van der Waals surface area contributed by atoms with E-state index in [0.717, 1.165) is 12.1 Å². The molecule has 0 spiro atoms. The number of amides is 2. The average molecular weight is 290 g/mol. The molecule has 16 heavy (non-hydrogen) atoms. The van der Waals surface area contributed by atoms with Crippen LogP contribution in [0.2, 0.25) is 0 Å². The minimum atomic E-state index is -1.04. The Morgan fingerprint density at radius 3 is 2.31 bits per heavy atom. The lowest BCUT2D eigenvalue weighted by Crippen LogP contribution is -2.22. The van der Waals surface area contributed by atoms with Gasteiger partial charge in [0.1, 0.15) is 4.83 Å². The first kappa shape index (κ1) is 11.2. The van der Waals surface area contributed by atoms with Crippen LogP contribution in [0.15, 0.2) is 18.2 Å². The molecular formula is C10H6BrF2NO2. The summed E-state index contributed by atoms with van der Waals surface area (Å²) < 4.78 is 25.7. The molecule has 2 rings (SSSR count). The normalized spacial score (nSPS) is 24.7. The maximum absolute atomic E-state index is 13.0. The molecule has 1 saturated heterocycles. The smallest absolute Gasteiger partial charge is 0.241 e. The maximum Gasteiger partial charge on any atom is 0.241 e. The molecule has 0 saturated carbocycles. The van der Waals surface area contributed by atoms with Gasteiger partial charge in [0.15, 0.2) is 11.6 Å². The minimum absolute atomic E-state index is 0.268. The maximum atomic E-state index is 13.0. The molecule has 1 aromatic carbocycles. The highest BCUT2D eigenvalue weighted by atomic mass is 79.9. The lowest BCUT2D eigenvalue weighted by Gasteiger charge is -2.10. The molecule has 1 aliphatic rings. The molecular weight excluding hydrogens is 284 g/mol. The van der Waals surface area contributed by atoms with Crippen molar-refractivity contribution >= 4 is 27.7 Å². The molecule has 0 aromatic heterocycles. The lowest BCUT2D eigenvalue weighted by atomic mass is 9.97. The molecule has 2 unspecified atom stereocenters. The van der Waals surface area contributed by atoms with Crippen molar-refractivity contribution in [2.24, 2.45) is 0 Å². The van der Waals surface area contributed by atoms with Crippen molar-refractivity contribution < 1.29 is 18.4 Å². The number of halogens is 3. The zero-order chi connectivity index (χ0) is 11.9. The molecule has 0 aliphatic carbocycles. The van der Waals surface area contributed by atoms with E-state index in [9.17, 15) is 18.4 Å². The zero-order valence-corrected chi connectivity index (χ0v) is 9.42. The van der Waals surface area contributed by atoms with Crippen LogP contribution in [0.1, 0.15) is 11.5 Å². The zero-order valence-electron chi connectivity index (χ0n) is 7.84. The van der Waals surface area contributed by atoms with Crippen molar-refractivity contribution in [3.8, 4) is 0 Å². The molecule has 2 atom stereocenters. The third-order valence-corrected chi connectivity index (χ3v) is 3.32. The van der Waals surface area contributed by atoms with E-state index in [-0.39, 0.29) is 5.56 Å². The van der Waals surface area contributed by atoms with Crippen LogP contribution in [0.3, 0.4) is 0 Å². The molecule has 6 heteroatoms. The highest BCUT2D eigenvalue weighted by Gasteiger charge is 2.41. The van der Waals surface area contributed by atoms with Gasteiger partial charge in [-0.3, -0.25) is 14.9 Å². The minimum Gasteiger partial charge on any atom is -0.295 e. The Kier molecular flexibility index (Phi) is 2.75. The summed E-state index contributed by atoms with van der Waals surface area (Å²) in [6, 6.07) is 3.14. The van der Waals surface area contributed by atoms with E-state index in [0.29, 0.717) is 0 Å². The predicted molar refractivity (Wildman–Crippen MR) is 55.0 cm³/mol. The van der Waals surface area contributed by atoms with Crippen molar-refractivity contribution in [3.63, 3.8) is 0 Å². The van der Waals surface area contributed by atoms with E-state index in [2.05, 4.69) is 21.2 Å². The fourth-order valence-electron chi connectivity index (χ4n) is 1.58. The van der Waals surface area contributed by atoms with Gasteiger partial charge in [-0.25, -0.2) is 8.78 Å². The predicted octanol–water partition coefficient (Wildman–Crippen LogP) is 1.47. The van der Waals surface area contributed by atoms with E-state index >= 15 is 0 Å². The number of rotatable bonds is 1. The Morgan fingerprint density at radius 1 is 1.12 bits per heavy atom. The highest BCUT2D eigenvalue weighted by molar-refractivity contribution is 9.10. The molecule has 3 nitrogen and oxygen atoms in total. The summed E-state index contributed by atoms with van der Waals surface area (Å²) in [4.78, 5) is 21.8. The Labute approximate surface area is 98.0 Å².